The minimum Gasteiger partial charge on any atom is -0.554 e. The van der Waals surface area contributed by atoms with E-state index >= 15 is 0 Å². The minimum absolute atomic E-state index is 0. The van der Waals surface area contributed by atoms with Crippen LogP contribution in [0.2, 0.25) is 0 Å². The Bertz CT molecular complexity index is 115. The number of hydrogen-bond donors (Lipinski definition) is 0. The molecular formula is C7H7AgO2. The van der Waals surface area contributed by atoms with Crippen molar-refractivity contribution in [3.8, 4) is 0 Å². The topological polar surface area (TPSA) is 40.1 Å². The molecule has 0 aliphatic carbocycles. The Morgan fingerprint density at radius 1 is 0.900 bits per heavy atom. The molecular weight excluding hydrogens is 224 g/mol. The van der Waals surface area contributed by atoms with Crippen LogP contribution in [0, 0.1) is 0 Å². The van der Waals surface area contributed by atoms with Crippen LogP contribution in [-0.2, 0) is 27.2 Å². The molecule has 10 heavy (non-hydrogen) atoms. The number of carbonyl (C=O) groups excluding carboxylic acids is 1. The van der Waals surface area contributed by atoms with Crippen LogP contribution in [0.5, 0.6) is 0 Å². The monoisotopic (exact) mass is 230 g/mol. The van der Waals surface area contributed by atoms with Crippen LogP contribution in [0.25, 0.3) is 0 Å². The summed E-state index contributed by atoms with van der Waals surface area (Å²) in [7, 11) is 0. The molecule has 0 atom stereocenters. The van der Waals surface area contributed by atoms with Crippen LogP contribution in [0.3, 0.4) is 0 Å². The molecule has 0 saturated heterocycles. The van der Waals surface area contributed by atoms with E-state index in [2.05, 4.69) is 0 Å². The Morgan fingerprint density at radius 2 is 1.00 bits per heavy atom. The smallest absolute Gasteiger partial charge is 0.554 e. The molecule has 0 amide bonds. The summed E-state index contributed by atoms with van der Waals surface area (Å²) in [4.78, 5) is 8.25. The Balaban J connectivity index is 0. The molecule has 0 N–H and O–H groups in total. The van der Waals surface area contributed by atoms with Crippen molar-refractivity contribution in [1.29, 1.82) is 0 Å². The Labute approximate surface area is 75.4 Å². The Morgan fingerprint density at radius 3 is 1.10 bits per heavy atom. The maximum atomic E-state index is 8.25. The van der Waals surface area contributed by atoms with E-state index in [-0.39, 0.29) is 22.4 Å². The van der Waals surface area contributed by atoms with E-state index in [4.69, 9.17) is 9.90 Å². The standard InChI is InChI=1S/C6H6.CH2O2.Ag/c1-2-4-6-5-3-1;2-1-3;/h1-6H;1H,(H,2,3);/q;;+1/p-1. The maximum absolute atomic E-state index is 8.25. The zero-order chi connectivity index (χ0) is 6.95. The molecule has 1 aromatic rings. The largest absolute Gasteiger partial charge is 1.00 e. The van der Waals surface area contributed by atoms with Gasteiger partial charge in [-0.05, 0) is 0 Å². The van der Waals surface area contributed by atoms with Crippen molar-refractivity contribution in [3.63, 3.8) is 0 Å². The quantitative estimate of drug-likeness (QED) is 0.467. The summed E-state index contributed by atoms with van der Waals surface area (Å²) in [6.45, 7) is -0.500. The molecule has 0 bridgehead atoms. The van der Waals surface area contributed by atoms with Gasteiger partial charge in [0.25, 0.3) is 0 Å². The van der Waals surface area contributed by atoms with Crippen molar-refractivity contribution in [2.24, 2.45) is 0 Å². The second-order valence-electron chi connectivity index (χ2n) is 1.25. The molecule has 0 heterocycles. The van der Waals surface area contributed by atoms with Crippen molar-refractivity contribution in [2.45, 2.75) is 0 Å². The maximum Gasteiger partial charge on any atom is 1.00 e. The zero-order valence-electron chi connectivity index (χ0n) is 5.16. The van der Waals surface area contributed by atoms with Gasteiger partial charge in [-0.2, -0.15) is 0 Å². The first-order chi connectivity index (χ1) is 4.41. The number of rotatable bonds is 0. The average Bonchev–Trinajstić information content (AvgIpc) is 1.93. The Kier molecular flexibility index (Phi) is 13.7. The molecule has 0 saturated carbocycles. The van der Waals surface area contributed by atoms with Crippen molar-refractivity contribution >= 4 is 6.47 Å². The van der Waals surface area contributed by atoms with E-state index in [0.29, 0.717) is 0 Å². The van der Waals surface area contributed by atoms with Gasteiger partial charge in [0.1, 0.15) is 0 Å². The second kappa shape index (κ2) is 11.3. The third-order valence-electron chi connectivity index (χ3n) is 0.667. The summed E-state index contributed by atoms with van der Waals surface area (Å²) >= 11 is 0. The van der Waals surface area contributed by atoms with Gasteiger partial charge in [-0.1, -0.05) is 36.4 Å². The van der Waals surface area contributed by atoms with Crippen LogP contribution < -0.4 is 5.11 Å². The average molecular weight is 231 g/mol. The summed E-state index contributed by atoms with van der Waals surface area (Å²) in [5, 5.41) is 8.25. The van der Waals surface area contributed by atoms with E-state index in [0.717, 1.165) is 0 Å². The van der Waals surface area contributed by atoms with E-state index in [9.17, 15) is 0 Å². The van der Waals surface area contributed by atoms with Gasteiger partial charge in [-0.25, -0.2) is 0 Å². The molecule has 0 radical (unpaired) electrons. The molecule has 1 rings (SSSR count). The van der Waals surface area contributed by atoms with Crippen molar-refractivity contribution < 1.29 is 32.3 Å². The predicted molar refractivity (Wildman–Crippen MR) is 32.5 cm³/mol. The molecule has 58 valence electrons. The molecule has 0 spiro atoms. The summed E-state index contributed by atoms with van der Waals surface area (Å²) in [6, 6.07) is 12.0. The molecule has 1 aromatic carbocycles. The first kappa shape index (κ1) is 12.1. The molecule has 0 unspecified atom stereocenters. The summed E-state index contributed by atoms with van der Waals surface area (Å²) in [5.74, 6) is 0. The van der Waals surface area contributed by atoms with Crippen LogP contribution in [0.4, 0.5) is 0 Å². The summed E-state index contributed by atoms with van der Waals surface area (Å²) in [6.07, 6.45) is 0. The van der Waals surface area contributed by atoms with Crippen LogP contribution in [0.15, 0.2) is 36.4 Å². The predicted octanol–water partition coefficient (Wildman–Crippen LogP) is 0.0502. The molecule has 0 aliphatic rings. The fraction of sp³-hybridized carbons (Fsp3) is 0. The SMILES string of the molecule is O=C[O-].[Ag+].c1ccccc1. The minimum atomic E-state index is -0.500. The second-order valence-corrected chi connectivity index (χ2v) is 1.25. The van der Waals surface area contributed by atoms with Crippen LogP contribution in [-0.4, -0.2) is 6.47 Å². The number of benzene rings is 1. The van der Waals surface area contributed by atoms with E-state index in [1.165, 1.54) is 0 Å². The summed E-state index contributed by atoms with van der Waals surface area (Å²) < 4.78 is 0. The van der Waals surface area contributed by atoms with E-state index in [1.54, 1.807) is 0 Å². The molecule has 3 heteroatoms. The first-order valence-electron chi connectivity index (χ1n) is 2.47. The van der Waals surface area contributed by atoms with Gasteiger partial charge in [0.05, 0.1) is 0 Å². The van der Waals surface area contributed by atoms with Gasteiger partial charge in [-0.3, -0.25) is 0 Å². The van der Waals surface area contributed by atoms with Gasteiger partial charge < -0.3 is 9.90 Å². The van der Waals surface area contributed by atoms with Gasteiger partial charge in [0.2, 0.25) is 0 Å². The van der Waals surface area contributed by atoms with Gasteiger partial charge in [0.15, 0.2) is 0 Å². The van der Waals surface area contributed by atoms with Crippen LogP contribution in [0.1, 0.15) is 0 Å². The van der Waals surface area contributed by atoms with Gasteiger partial charge in [0, 0.05) is 6.47 Å². The fourth-order valence-electron chi connectivity index (χ4n) is 0.385. The fourth-order valence-corrected chi connectivity index (χ4v) is 0.385. The molecule has 0 aliphatic heterocycles. The number of hydrogen-bond acceptors (Lipinski definition) is 2. The van der Waals surface area contributed by atoms with Crippen LogP contribution >= 0.6 is 0 Å². The molecule has 2 nitrogen and oxygen atoms in total. The van der Waals surface area contributed by atoms with Crippen molar-refractivity contribution in [3.05, 3.63) is 36.4 Å². The number of carbonyl (C=O) groups is 1. The molecule has 0 fully saturated rings. The first-order valence-corrected chi connectivity index (χ1v) is 2.47. The van der Waals surface area contributed by atoms with Crippen molar-refractivity contribution in [2.75, 3.05) is 0 Å². The normalized spacial score (nSPS) is 6.00. The number of carboxylic acid groups (broad SMARTS) is 1. The Hall–Kier alpha value is -0.570. The van der Waals surface area contributed by atoms with E-state index < -0.39 is 6.47 Å². The molecule has 0 aromatic heterocycles. The van der Waals surface area contributed by atoms with Crippen molar-refractivity contribution in [1.82, 2.24) is 0 Å². The van der Waals surface area contributed by atoms with Gasteiger partial charge >= 0.3 is 22.4 Å². The summed E-state index contributed by atoms with van der Waals surface area (Å²) in [5.41, 5.74) is 0. The third kappa shape index (κ3) is 10.4. The zero-order valence-corrected chi connectivity index (χ0v) is 6.64. The van der Waals surface area contributed by atoms with E-state index in [1.807, 2.05) is 36.4 Å². The van der Waals surface area contributed by atoms with Gasteiger partial charge in [-0.15, -0.1) is 0 Å². The third-order valence-corrected chi connectivity index (χ3v) is 0.667.